The third-order valence-electron chi connectivity index (χ3n) is 0.703. The van der Waals surface area contributed by atoms with Crippen molar-refractivity contribution in [2.24, 2.45) is 0 Å². The standard InChI is InChI=1S/C4H7ClO3/c1-8-3(2-6)4(5)7/h3,6H,2H2,1H3. The number of rotatable bonds is 3. The maximum absolute atomic E-state index is 10.1. The third-order valence-corrected chi connectivity index (χ3v) is 0.947. The lowest BCUT2D eigenvalue weighted by molar-refractivity contribution is -0.122. The van der Waals surface area contributed by atoms with Gasteiger partial charge in [-0.25, -0.2) is 0 Å². The van der Waals surface area contributed by atoms with Crippen LogP contribution in [-0.4, -0.2) is 30.2 Å². The van der Waals surface area contributed by atoms with Crippen LogP contribution in [-0.2, 0) is 9.53 Å². The van der Waals surface area contributed by atoms with E-state index in [1.807, 2.05) is 0 Å². The minimum absolute atomic E-state index is 0.362. The summed E-state index contributed by atoms with van der Waals surface area (Å²) in [6.45, 7) is -0.362. The second-order valence-electron chi connectivity index (χ2n) is 1.21. The summed E-state index contributed by atoms with van der Waals surface area (Å²) in [6.07, 6.45) is -0.864. The van der Waals surface area contributed by atoms with Gasteiger partial charge in [-0.05, 0) is 11.6 Å². The number of ether oxygens (including phenoxy) is 1. The van der Waals surface area contributed by atoms with Crippen LogP contribution in [0.5, 0.6) is 0 Å². The van der Waals surface area contributed by atoms with Crippen molar-refractivity contribution in [1.29, 1.82) is 0 Å². The van der Waals surface area contributed by atoms with E-state index in [2.05, 4.69) is 4.74 Å². The van der Waals surface area contributed by atoms with Gasteiger partial charge in [0.05, 0.1) is 6.61 Å². The Morgan fingerprint density at radius 3 is 2.50 bits per heavy atom. The summed E-state index contributed by atoms with van der Waals surface area (Å²) in [5, 5.41) is 7.59. The van der Waals surface area contributed by atoms with E-state index in [0.29, 0.717) is 0 Å². The molecule has 0 aromatic carbocycles. The molecule has 0 aliphatic heterocycles. The minimum Gasteiger partial charge on any atom is -0.393 e. The van der Waals surface area contributed by atoms with Gasteiger partial charge in [0.15, 0.2) is 6.10 Å². The second kappa shape index (κ2) is 3.83. The first-order valence-corrected chi connectivity index (χ1v) is 2.43. The van der Waals surface area contributed by atoms with Crippen molar-refractivity contribution in [1.82, 2.24) is 0 Å². The van der Waals surface area contributed by atoms with Crippen molar-refractivity contribution in [2.45, 2.75) is 6.10 Å². The van der Waals surface area contributed by atoms with Gasteiger partial charge in [0.1, 0.15) is 0 Å². The number of methoxy groups -OCH3 is 1. The molecule has 4 heteroatoms. The lowest BCUT2D eigenvalue weighted by Crippen LogP contribution is -2.22. The normalized spacial score (nSPS) is 13.4. The van der Waals surface area contributed by atoms with E-state index in [9.17, 15) is 4.79 Å². The van der Waals surface area contributed by atoms with Crippen molar-refractivity contribution in [3.8, 4) is 0 Å². The summed E-state index contributed by atoms with van der Waals surface area (Å²) in [4.78, 5) is 10.1. The van der Waals surface area contributed by atoms with Gasteiger partial charge in [0.2, 0.25) is 0 Å². The molecule has 3 nitrogen and oxygen atoms in total. The number of aliphatic hydroxyl groups is 1. The molecule has 0 bridgehead atoms. The van der Waals surface area contributed by atoms with E-state index in [-0.39, 0.29) is 6.61 Å². The lowest BCUT2D eigenvalue weighted by atomic mass is 10.4. The molecule has 0 aliphatic carbocycles. The molecule has 0 heterocycles. The monoisotopic (exact) mass is 138 g/mol. The van der Waals surface area contributed by atoms with Crippen LogP contribution in [0, 0.1) is 0 Å². The molecule has 0 rings (SSSR count). The zero-order valence-corrected chi connectivity index (χ0v) is 5.18. The molecule has 0 amide bonds. The number of carbonyl (C=O) groups is 1. The molecule has 0 spiro atoms. The van der Waals surface area contributed by atoms with Crippen LogP contribution in [0.1, 0.15) is 0 Å². The zero-order chi connectivity index (χ0) is 6.57. The molecular formula is C4H7ClO3. The number of hydrogen-bond donors (Lipinski definition) is 1. The second-order valence-corrected chi connectivity index (χ2v) is 1.58. The molecule has 0 aliphatic rings. The van der Waals surface area contributed by atoms with Gasteiger partial charge in [0.25, 0.3) is 5.24 Å². The fourth-order valence-corrected chi connectivity index (χ4v) is 0.397. The van der Waals surface area contributed by atoms with E-state index in [1.165, 1.54) is 7.11 Å². The number of halogens is 1. The quantitative estimate of drug-likeness (QED) is 0.548. The first-order valence-electron chi connectivity index (χ1n) is 2.05. The van der Waals surface area contributed by atoms with Crippen molar-refractivity contribution >= 4 is 16.8 Å². The smallest absolute Gasteiger partial charge is 0.252 e. The molecule has 1 atom stereocenters. The molecule has 1 N–H and O–H groups in total. The predicted molar refractivity (Wildman–Crippen MR) is 28.7 cm³/mol. The molecule has 8 heavy (non-hydrogen) atoms. The van der Waals surface area contributed by atoms with E-state index < -0.39 is 11.3 Å². The molecule has 0 saturated heterocycles. The Bertz CT molecular complexity index is 79.4. The number of carbonyl (C=O) groups excluding carboxylic acids is 1. The van der Waals surface area contributed by atoms with Gasteiger partial charge >= 0.3 is 0 Å². The summed E-state index contributed by atoms with van der Waals surface area (Å²) >= 11 is 4.92. The van der Waals surface area contributed by atoms with Crippen molar-refractivity contribution in [2.75, 3.05) is 13.7 Å². The fourth-order valence-electron chi connectivity index (χ4n) is 0.239. The lowest BCUT2D eigenvalue weighted by Gasteiger charge is -2.03. The number of aliphatic hydroxyl groups excluding tert-OH is 1. The van der Waals surface area contributed by atoms with Gasteiger partial charge in [-0.3, -0.25) is 4.79 Å². The van der Waals surface area contributed by atoms with E-state index >= 15 is 0 Å². The molecule has 0 aromatic rings. The van der Waals surface area contributed by atoms with Crippen LogP contribution in [0.25, 0.3) is 0 Å². The molecule has 0 saturated carbocycles. The van der Waals surface area contributed by atoms with Crippen molar-refractivity contribution in [3.05, 3.63) is 0 Å². The summed E-state index contributed by atoms with van der Waals surface area (Å²) in [5.74, 6) is 0. The Hall–Kier alpha value is -0.120. The topological polar surface area (TPSA) is 46.5 Å². The predicted octanol–water partition coefficient (Wildman–Crippen LogP) is -0.241. The summed E-state index contributed by atoms with van der Waals surface area (Å²) in [5.41, 5.74) is 0. The zero-order valence-electron chi connectivity index (χ0n) is 4.43. The SMILES string of the molecule is COC(CO)C(=O)Cl. The highest BCUT2D eigenvalue weighted by Gasteiger charge is 2.11. The van der Waals surface area contributed by atoms with Crippen molar-refractivity contribution in [3.63, 3.8) is 0 Å². The Morgan fingerprint density at radius 1 is 2.00 bits per heavy atom. The van der Waals surface area contributed by atoms with E-state index in [4.69, 9.17) is 16.7 Å². The highest BCUT2D eigenvalue weighted by Crippen LogP contribution is 1.93. The summed E-state index contributed by atoms with van der Waals surface area (Å²) in [6, 6.07) is 0. The Morgan fingerprint density at radius 2 is 2.50 bits per heavy atom. The summed E-state index contributed by atoms with van der Waals surface area (Å²) < 4.78 is 4.43. The molecule has 0 aromatic heterocycles. The number of hydrogen-bond acceptors (Lipinski definition) is 3. The van der Waals surface area contributed by atoms with Crippen LogP contribution < -0.4 is 0 Å². The van der Waals surface area contributed by atoms with Crippen LogP contribution >= 0.6 is 11.6 Å². The average molecular weight is 139 g/mol. The first-order chi connectivity index (χ1) is 3.72. The van der Waals surface area contributed by atoms with Crippen LogP contribution in [0.4, 0.5) is 0 Å². The van der Waals surface area contributed by atoms with Gasteiger partial charge in [-0.15, -0.1) is 0 Å². The molecule has 0 fully saturated rings. The highest BCUT2D eigenvalue weighted by molar-refractivity contribution is 6.64. The van der Waals surface area contributed by atoms with Gasteiger partial charge < -0.3 is 9.84 Å². The largest absolute Gasteiger partial charge is 0.393 e. The molecular weight excluding hydrogens is 131 g/mol. The molecule has 0 radical (unpaired) electrons. The first kappa shape index (κ1) is 7.88. The molecule has 1 unspecified atom stereocenters. The Balaban J connectivity index is 3.52. The van der Waals surface area contributed by atoms with Gasteiger partial charge in [-0.1, -0.05) is 0 Å². The Labute approximate surface area is 52.2 Å². The third kappa shape index (κ3) is 2.26. The van der Waals surface area contributed by atoms with E-state index in [1.54, 1.807) is 0 Å². The van der Waals surface area contributed by atoms with Crippen LogP contribution in [0.3, 0.4) is 0 Å². The summed E-state index contributed by atoms with van der Waals surface area (Å²) in [7, 11) is 1.31. The van der Waals surface area contributed by atoms with Crippen LogP contribution in [0.15, 0.2) is 0 Å². The van der Waals surface area contributed by atoms with E-state index in [0.717, 1.165) is 0 Å². The average Bonchev–Trinajstić information content (AvgIpc) is 1.69. The fraction of sp³-hybridized carbons (Fsp3) is 0.750. The van der Waals surface area contributed by atoms with Gasteiger partial charge in [-0.2, -0.15) is 0 Å². The van der Waals surface area contributed by atoms with Crippen molar-refractivity contribution < 1.29 is 14.6 Å². The van der Waals surface area contributed by atoms with Crippen LogP contribution in [0.2, 0.25) is 0 Å². The maximum Gasteiger partial charge on any atom is 0.252 e. The molecule has 48 valence electrons. The van der Waals surface area contributed by atoms with Gasteiger partial charge in [0, 0.05) is 7.11 Å². The maximum atomic E-state index is 10.1. The highest BCUT2D eigenvalue weighted by atomic mass is 35.5. The Kier molecular flexibility index (Phi) is 3.77. The minimum atomic E-state index is -0.864.